The second-order valence-corrected chi connectivity index (χ2v) is 5.97. The molecule has 0 saturated heterocycles. The molecule has 0 radical (unpaired) electrons. The molecule has 1 rings (SSSR count). The minimum atomic E-state index is 0.435. The minimum absolute atomic E-state index is 0.435. The molecule has 1 heterocycles. The third-order valence-corrected chi connectivity index (χ3v) is 4.04. The van der Waals surface area contributed by atoms with Crippen LogP contribution in [0.4, 0.5) is 11.8 Å². The summed E-state index contributed by atoms with van der Waals surface area (Å²) < 4.78 is 0.931. The molecule has 18 heavy (non-hydrogen) atoms. The van der Waals surface area contributed by atoms with Gasteiger partial charge in [-0.1, -0.05) is 6.92 Å². The van der Waals surface area contributed by atoms with Gasteiger partial charge >= 0.3 is 0 Å². The summed E-state index contributed by atoms with van der Waals surface area (Å²) in [5, 5.41) is 3.21. The number of nitrogens with one attached hydrogen (secondary N) is 1. The maximum absolute atomic E-state index is 4.56. The summed E-state index contributed by atoms with van der Waals surface area (Å²) in [4.78, 5) is 11.0. The summed E-state index contributed by atoms with van der Waals surface area (Å²) >= 11 is 5.36. The monoisotopic (exact) mass is 332 g/mol. The van der Waals surface area contributed by atoms with Crippen molar-refractivity contribution < 1.29 is 0 Å². The van der Waals surface area contributed by atoms with Gasteiger partial charge in [0, 0.05) is 31.6 Å². The summed E-state index contributed by atoms with van der Waals surface area (Å²) in [6, 6.07) is 0.435. The maximum Gasteiger partial charge on any atom is 0.224 e. The van der Waals surface area contributed by atoms with Gasteiger partial charge in [0.15, 0.2) is 0 Å². The number of hydrogen-bond acceptors (Lipinski definition) is 5. The molecule has 0 aliphatic heterocycles. The molecular weight excluding hydrogens is 312 g/mol. The first-order valence-electron chi connectivity index (χ1n) is 6.08. The summed E-state index contributed by atoms with van der Waals surface area (Å²) in [6.45, 7) is 5.22. The van der Waals surface area contributed by atoms with Crippen molar-refractivity contribution in [2.45, 2.75) is 26.3 Å². The van der Waals surface area contributed by atoms with Crippen LogP contribution < -0.4 is 10.2 Å². The molecule has 1 aromatic rings. The van der Waals surface area contributed by atoms with Crippen LogP contribution in [0, 0.1) is 0 Å². The fourth-order valence-electron chi connectivity index (χ4n) is 1.49. The Morgan fingerprint density at radius 1 is 1.56 bits per heavy atom. The van der Waals surface area contributed by atoms with Crippen LogP contribution in [-0.2, 0) is 0 Å². The van der Waals surface area contributed by atoms with Crippen molar-refractivity contribution >= 4 is 39.5 Å². The first-order valence-corrected chi connectivity index (χ1v) is 8.27. The number of anilines is 2. The summed E-state index contributed by atoms with van der Waals surface area (Å²) in [5.41, 5.74) is 0. The van der Waals surface area contributed by atoms with E-state index in [1.807, 2.05) is 18.0 Å². The van der Waals surface area contributed by atoms with E-state index in [0.717, 1.165) is 29.0 Å². The number of nitrogens with zero attached hydrogens (tertiary/aromatic N) is 3. The van der Waals surface area contributed by atoms with Crippen LogP contribution in [0.1, 0.15) is 20.3 Å². The van der Waals surface area contributed by atoms with Crippen LogP contribution in [0.3, 0.4) is 0 Å². The fraction of sp³-hybridized carbons (Fsp3) is 0.667. The van der Waals surface area contributed by atoms with Crippen LogP contribution in [0.2, 0.25) is 0 Å². The smallest absolute Gasteiger partial charge is 0.224 e. The van der Waals surface area contributed by atoms with Crippen LogP contribution in [0.15, 0.2) is 10.7 Å². The molecule has 0 bridgehead atoms. The quantitative estimate of drug-likeness (QED) is 0.830. The van der Waals surface area contributed by atoms with Gasteiger partial charge in [0.05, 0.1) is 4.47 Å². The average molecular weight is 333 g/mol. The zero-order valence-corrected chi connectivity index (χ0v) is 13.8. The molecule has 1 aromatic heterocycles. The SMILES string of the molecule is CCCNc1ncc(Br)c(N(C)C(C)CSC)n1. The molecule has 6 heteroatoms. The highest BCUT2D eigenvalue weighted by Crippen LogP contribution is 2.25. The second kappa shape index (κ2) is 7.84. The number of rotatable bonds is 7. The zero-order chi connectivity index (χ0) is 13.5. The number of aromatic nitrogens is 2. The van der Waals surface area contributed by atoms with Gasteiger partial charge in [0.1, 0.15) is 5.82 Å². The predicted octanol–water partition coefficient (Wildman–Crippen LogP) is 3.25. The van der Waals surface area contributed by atoms with E-state index in [-0.39, 0.29) is 0 Å². The van der Waals surface area contributed by atoms with Crippen molar-refractivity contribution in [2.24, 2.45) is 0 Å². The Kier molecular flexibility index (Phi) is 6.78. The van der Waals surface area contributed by atoms with E-state index >= 15 is 0 Å². The third-order valence-electron chi connectivity index (χ3n) is 2.66. The Balaban J connectivity index is 2.85. The van der Waals surface area contributed by atoms with Crippen LogP contribution in [0.5, 0.6) is 0 Å². The van der Waals surface area contributed by atoms with Gasteiger partial charge in [-0.25, -0.2) is 4.98 Å². The van der Waals surface area contributed by atoms with Crippen molar-refractivity contribution in [3.8, 4) is 0 Å². The fourth-order valence-corrected chi connectivity index (χ4v) is 2.67. The Morgan fingerprint density at radius 3 is 2.89 bits per heavy atom. The van der Waals surface area contributed by atoms with Gasteiger partial charge in [0.25, 0.3) is 0 Å². The largest absolute Gasteiger partial charge is 0.355 e. The summed E-state index contributed by atoms with van der Waals surface area (Å²) in [7, 11) is 2.07. The van der Waals surface area contributed by atoms with Gasteiger partial charge in [-0.2, -0.15) is 16.7 Å². The van der Waals surface area contributed by atoms with Crippen LogP contribution in [0.25, 0.3) is 0 Å². The lowest BCUT2D eigenvalue weighted by Crippen LogP contribution is -2.32. The van der Waals surface area contributed by atoms with E-state index in [9.17, 15) is 0 Å². The highest BCUT2D eigenvalue weighted by Gasteiger charge is 2.15. The lowest BCUT2D eigenvalue weighted by atomic mass is 10.3. The maximum atomic E-state index is 4.56. The molecule has 1 atom stereocenters. The Hall–Kier alpha value is -0.490. The Morgan fingerprint density at radius 2 is 2.28 bits per heavy atom. The minimum Gasteiger partial charge on any atom is -0.355 e. The van der Waals surface area contributed by atoms with Gasteiger partial charge in [-0.3, -0.25) is 0 Å². The molecule has 0 amide bonds. The Labute approximate surface area is 122 Å². The summed E-state index contributed by atoms with van der Waals surface area (Å²) in [6.07, 6.45) is 4.99. The van der Waals surface area contributed by atoms with E-state index in [1.165, 1.54) is 0 Å². The van der Waals surface area contributed by atoms with E-state index < -0.39 is 0 Å². The van der Waals surface area contributed by atoms with Gasteiger partial charge < -0.3 is 10.2 Å². The molecule has 0 aromatic carbocycles. The van der Waals surface area contributed by atoms with E-state index in [0.29, 0.717) is 12.0 Å². The van der Waals surface area contributed by atoms with Gasteiger partial charge in [-0.05, 0) is 35.5 Å². The normalized spacial score (nSPS) is 12.3. The standard InChI is InChI=1S/C12H21BrN4S/c1-5-6-14-12-15-7-10(13)11(16-12)17(3)9(2)8-18-4/h7,9H,5-6,8H2,1-4H3,(H,14,15,16). The number of halogens is 1. The zero-order valence-electron chi connectivity index (χ0n) is 11.4. The lowest BCUT2D eigenvalue weighted by molar-refractivity contribution is 0.749. The number of thioether (sulfide) groups is 1. The van der Waals surface area contributed by atoms with Crippen LogP contribution in [-0.4, -0.2) is 41.6 Å². The highest BCUT2D eigenvalue weighted by molar-refractivity contribution is 9.10. The molecule has 0 aliphatic rings. The third kappa shape index (κ3) is 4.31. The predicted molar refractivity (Wildman–Crippen MR) is 84.8 cm³/mol. The number of hydrogen-bond donors (Lipinski definition) is 1. The van der Waals surface area contributed by atoms with Crippen molar-refractivity contribution in [2.75, 3.05) is 35.8 Å². The van der Waals surface area contributed by atoms with Crippen molar-refractivity contribution in [3.63, 3.8) is 0 Å². The molecule has 4 nitrogen and oxygen atoms in total. The van der Waals surface area contributed by atoms with Crippen molar-refractivity contribution in [3.05, 3.63) is 10.7 Å². The second-order valence-electron chi connectivity index (χ2n) is 4.21. The van der Waals surface area contributed by atoms with E-state index in [1.54, 1.807) is 0 Å². The van der Waals surface area contributed by atoms with E-state index in [2.05, 4.69) is 63.3 Å². The average Bonchev–Trinajstić information content (AvgIpc) is 2.37. The lowest BCUT2D eigenvalue weighted by Gasteiger charge is -2.26. The van der Waals surface area contributed by atoms with Crippen LogP contribution >= 0.6 is 27.7 Å². The molecule has 0 spiro atoms. The molecule has 0 aliphatic carbocycles. The van der Waals surface area contributed by atoms with Gasteiger partial charge in [0.2, 0.25) is 5.95 Å². The first-order chi connectivity index (χ1) is 8.60. The molecule has 0 fully saturated rings. The molecule has 0 saturated carbocycles. The van der Waals surface area contributed by atoms with Gasteiger partial charge in [-0.15, -0.1) is 0 Å². The molecule has 102 valence electrons. The van der Waals surface area contributed by atoms with E-state index in [4.69, 9.17) is 0 Å². The topological polar surface area (TPSA) is 41.1 Å². The molecule has 1 N–H and O–H groups in total. The first kappa shape index (κ1) is 15.6. The summed E-state index contributed by atoms with van der Waals surface area (Å²) in [5.74, 6) is 2.70. The van der Waals surface area contributed by atoms with Crippen molar-refractivity contribution in [1.29, 1.82) is 0 Å². The molecule has 1 unspecified atom stereocenters. The Bertz CT molecular complexity index is 375. The highest BCUT2D eigenvalue weighted by atomic mass is 79.9. The van der Waals surface area contributed by atoms with Crippen molar-refractivity contribution in [1.82, 2.24) is 9.97 Å². The molecular formula is C12H21BrN4S.